The van der Waals surface area contributed by atoms with Crippen LogP contribution in [-0.4, -0.2) is 11.1 Å². The Labute approximate surface area is 198 Å². The summed E-state index contributed by atoms with van der Waals surface area (Å²) in [5.74, 6) is 0.158. The lowest BCUT2D eigenvalue weighted by Crippen LogP contribution is -2.19. The number of ether oxygens (including phenoxy) is 1. The van der Waals surface area contributed by atoms with Crippen LogP contribution in [0.4, 0.5) is 10.1 Å². The molecule has 0 aromatic heterocycles. The molecular formula is C25H20BrFN2O2S. The van der Waals surface area contributed by atoms with Gasteiger partial charge in [0.05, 0.1) is 10.6 Å². The average molecular weight is 511 g/mol. The number of hydrogen-bond donors (Lipinski definition) is 1. The first-order valence-corrected chi connectivity index (χ1v) is 11.5. The van der Waals surface area contributed by atoms with Crippen LogP contribution in [0.2, 0.25) is 0 Å². The van der Waals surface area contributed by atoms with Gasteiger partial charge in [0.2, 0.25) is 0 Å². The Balaban J connectivity index is 1.43. The van der Waals surface area contributed by atoms with Crippen molar-refractivity contribution >= 4 is 50.5 Å². The lowest BCUT2D eigenvalue weighted by molar-refractivity contribution is -0.115. The van der Waals surface area contributed by atoms with Crippen molar-refractivity contribution in [3.63, 3.8) is 0 Å². The van der Waals surface area contributed by atoms with Gasteiger partial charge in [0.1, 0.15) is 18.2 Å². The minimum atomic E-state index is -0.288. The van der Waals surface area contributed by atoms with Crippen molar-refractivity contribution < 1.29 is 13.9 Å². The number of thioether (sulfide) groups is 1. The molecule has 1 aliphatic rings. The summed E-state index contributed by atoms with van der Waals surface area (Å²) in [5.41, 5.74) is 4.33. The summed E-state index contributed by atoms with van der Waals surface area (Å²) in [4.78, 5) is 17.5. The number of hydrogen-bond acceptors (Lipinski definition) is 4. The van der Waals surface area contributed by atoms with Gasteiger partial charge in [0, 0.05) is 10.0 Å². The third-order valence-corrected chi connectivity index (χ3v) is 6.99. The quantitative estimate of drug-likeness (QED) is 0.389. The van der Waals surface area contributed by atoms with Gasteiger partial charge in [-0.15, -0.1) is 0 Å². The van der Waals surface area contributed by atoms with E-state index in [0.29, 0.717) is 21.4 Å². The molecule has 0 unspecified atom stereocenters. The zero-order chi connectivity index (χ0) is 22.7. The molecule has 4 rings (SSSR count). The van der Waals surface area contributed by atoms with Crippen LogP contribution in [0.25, 0.3) is 6.08 Å². The second-order valence-electron chi connectivity index (χ2n) is 7.32. The Kier molecular flexibility index (Phi) is 6.77. The van der Waals surface area contributed by atoms with E-state index in [1.54, 1.807) is 36.4 Å². The molecule has 7 heteroatoms. The molecule has 0 spiro atoms. The van der Waals surface area contributed by atoms with Crippen molar-refractivity contribution in [2.45, 2.75) is 20.5 Å². The lowest BCUT2D eigenvalue weighted by atomic mass is 10.1. The van der Waals surface area contributed by atoms with Crippen LogP contribution in [0.15, 0.2) is 75.0 Å². The molecule has 0 bridgehead atoms. The topological polar surface area (TPSA) is 50.7 Å². The number of aliphatic imine (C=N–C) groups is 1. The highest BCUT2D eigenvalue weighted by Gasteiger charge is 2.24. The normalized spacial score (nSPS) is 15.9. The van der Waals surface area contributed by atoms with E-state index in [9.17, 15) is 9.18 Å². The maximum absolute atomic E-state index is 13.7. The predicted molar refractivity (Wildman–Crippen MR) is 132 cm³/mol. The van der Waals surface area contributed by atoms with Gasteiger partial charge >= 0.3 is 0 Å². The first-order valence-electron chi connectivity index (χ1n) is 9.91. The standard InChI is InChI=1S/C25H20BrFN2O2S/c1-15-11-19(12-16(2)23(15)26)28-25-29-24(30)22(32-25)13-17-7-9-20(10-8-17)31-14-18-5-3-4-6-21(18)27/h3-13H,14H2,1-2H3,(H,28,29,30)/b22-13-. The Morgan fingerprint density at radius 2 is 1.78 bits per heavy atom. The number of amides is 1. The van der Waals surface area contributed by atoms with Crippen LogP contribution < -0.4 is 10.1 Å². The molecule has 1 amide bonds. The molecule has 1 fully saturated rings. The maximum Gasteiger partial charge on any atom is 0.264 e. The number of amidine groups is 1. The summed E-state index contributed by atoms with van der Waals surface area (Å²) in [5, 5.41) is 3.36. The molecule has 0 aliphatic carbocycles. The molecule has 1 aliphatic heterocycles. The molecule has 3 aromatic rings. The van der Waals surface area contributed by atoms with Gasteiger partial charge < -0.3 is 10.1 Å². The highest BCUT2D eigenvalue weighted by molar-refractivity contribution is 9.10. The first kappa shape index (κ1) is 22.3. The molecule has 3 aromatic carbocycles. The zero-order valence-electron chi connectivity index (χ0n) is 17.5. The Hall–Kier alpha value is -2.90. The number of nitrogens with zero attached hydrogens (tertiary/aromatic N) is 1. The lowest BCUT2D eigenvalue weighted by Gasteiger charge is -2.07. The summed E-state index contributed by atoms with van der Waals surface area (Å²) in [7, 11) is 0. The van der Waals surface area contributed by atoms with Crippen LogP contribution in [0.1, 0.15) is 22.3 Å². The van der Waals surface area contributed by atoms with E-state index in [1.807, 2.05) is 38.1 Å². The van der Waals surface area contributed by atoms with Crippen molar-refractivity contribution in [1.29, 1.82) is 0 Å². The van der Waals surface area contributed by atoms with E-state index in [4.69, 9.17) is 4.74 Å². The van der Waals surface area contributed by atoms with E-state index in [1.165, 1.54) is 17.8 Å². The van der Waals surface area contributed by atoms with Gasteiger partial charge in [0.15, 0.2) is 5.17 Å². The smallest absolute Gasteiger partial charge is 0.264 e. The number of carbonyl (C=O) groups is 1. The van der Waals surface area contributed by atoms with Crippen LogP contribution in [0, 0.1) is 19.7 Å². The number of carbonyl (C=O) groups excluding carboxylic acids is 1. The second-order valence-corrected chi connectivity index (χ2v) is 9.15. The van der Waals surface area contributed by atoms with E-state index in [0.717, 1.165) is 26.9 Å². The van der Waals surface area contributed by atoms with Crippen molar-refractivity contribution in [3.8, 4) is 5.75 Å². The second kappa shape index (κ2) is 9.71. The third-order valence-electron chi connectivity index (χ3n) is 4.83. The number of rotatable bonds is 5. The third kappa shape index (κ3) is 5.29. The van der Waals surface area contributed by atoms with Crippen molar-refractivity contribution in [2.75, 3.05) is 0 Å². The van der Waals surface area contributed by atoms with Crippen LogP contribution in [-0.2, 0) is 11.4 Å². The summed E-state index contributed by atoms with van der Waals surface area (Å²) in [6.07, 6.45) is 1.81. The molecule has 1 saturated heterocycles. The summed E-state index contributed by atoms with van der Waals surface area (Å²) < 4.78 is 20.4. The van der Waals surface area contributed by atoms with Crippen molar-refractivity contribution in [3.05, 3.63) is 98.1 Å². The van der Waals surface area contributed by atoms with Crippen LogP contribution in [0.5, 0.6) is 5.75 Å². The molecular weight excluding hydrogens is 491 g/mol. The van der Waals surface area contributed by atoms with Gasteiger partial charge in [-0.25, -0.2) is 9.38 Å². The highest BCUT2D eigenvalue weighted by Crippen LogP contribution is 2.31. The van der Waals surface area contributed by atoms with E-state index in [2.05, 4.69) is 26.2 Å². The van der Waals surface area contributed by atoms with Gasteiger partial charge in [-0.3, -0.25) is 4.79 Å². The predicted octanol–water partition coefficient (Wildman–Crippen LogP) is 6.68. The largest absolute Gasteiger partial charge is 0.489 e. The Bertz CT molecular complexity index is 1220. The molecule has 4 nitrogen and oxygen atoms in total. The van der Waals surface area contributed by atoms with Crippen LogP contribution >= 0.6 is 27.7 Å². The molecule has 0 radical (unpaired) electrons. The van der Waals surface area contributed by atoms with Gasteiger partial charge in [-0.1, -0.05) is 46.3 Å². The highest BCUT2D eigenvalue weighted by atomic mass is 79.9. The molecule has 32 heavy (non-hydrogen) atoms. The molecule has 0 saturated carbocycles. The summed E-state index contributed by atoms with van der Waals surface area (Å²) >= 11 is 4.86. The fourth-order valence-electron chi connectivity index (χ4n) is 3.17. The van der Waals surface area contributed by atoms with Crippen LogP contribution in [0.3, 0.4) is 0 Å². The van der Waals surface area contributed by atoms with E-state index < -0.39 is 0 Å². The number of aryl methyl sites for hydroxylation is 2. The van der Waals surface area contributed by atoms with Crippen molar-refractivity contribution in [1.82, 2.24) is 5.32 Å². The summed E-state index contributed by atoms with van der Waals surface area (Å²) in [6, 6.07) is 17.8. The maximum atomic E-state index is 13.7. The minimum absolute atomic E-state index is 0.153. The van der Waals surface area contributed by atoms with Crippen molar-refractivity contribution in [2.24, 2.45) is 4.99 Å². The molecule has 1 heterocycles. The minimum Gasteiger partial charge on any atom is -0.489 e. The average Bonchev–Trinajstić information content (AvgIpc) is 3.11. The van der Waals surface area contributed by atoms with Gasteiger partial charge in [-0.05, 0) is 78.7 Å². The number of benzene rings is 3. The van der Waals surface area contributed by atoms with Gasteiger partial charge in [-0.2, -0.15) is 0 Å². The van der Waals surface area contributed by atoms with Gasteiger partial charge in [0.25, 0.3) is 5.91 Å². The molecule has 0 atom stereocenters. The summed E-state index contributed by atoms with van der Waals surface area (Å²) in [6.45, 7) is 4.17. The van der Waals surface area contributed by atoms with E-state index in [-0.39, 0.29) is 18.3 Å². The SMILES string of the molecule is Cc1cc(N=C2NC(=O)/C(=C/c3ccc(OCc4ccccc4F)cc3)S2)cc(C)c1Br. The van der Waals surface area contributed by atoms with E-state index >= 15 is 0 Å². The fourth-order valence-corrected chi connectivity index (χ4v) is 4.24. The first-order chi connectivity index (χ1) is 15.4. The fraction of sp³-hybridized carbons (Fsp3) is 0.120. The Morgan fingerprint density at radius 3 is 2.47 bits per heavy atom. The molecule has 162 valence electrons. The number of nitrogens with one attached hydrogen (secondary N) is 1. The zero-order valence-corrected chi connectivity index (χ0v) is 19.9. The Morgan fingerprint density at radius 1 is 1.09 bits per heavy atom. The number of halogens is 2. The monoisotopic (exact) mass is 510 g/mol. The molecule has 1 N–H and O–H groups in total.